The summed E-state index contributed by atoms with van der Waals surface area (Å²) in [5.74, 6) is 2.46. The fourth-order valence-corrected chi connectivity index (χ4v) is 3.69. The monoisotopic (exact) mass is 405 g/mol. The van der Waals surface area contributed by atoms with Gasteiger partial charge in [-0.1, -0.05) is 18.2 Å². The van der Waals surface area contributed by atoms with Gasteiger partial charge in [0.25, 0.3) is 0 Å². The third-order valence-electron chi connectivity index (χ3n) is 5.25. The maximum absolute atomic E-state index is 6.21. The highest BCUT2D eigenvalue weighted by molar-refractivity contribution is 5.87. The highest BCUT2D eigenvalue weighted by Crippen LogP contribution is 2.29. The summed E-state index contributed by atoms with van der Waals surface area (Å²) in [6.45, 7) is 7.86. The molecule has 8 heteroatoms. The average molecular weight is 406 g/mol. The smallest absolute Gasteiger partial charge is 0.166 e. The molecule has 1 aromatic carbocycles. The molecule has 1 saturated heterocycles. The molecule has 156 valence electrons. The third kappa shape index (κ3) is 3.78. The lowest BCUT2D eigenvalue weighted by molar-refractivity contribution is 0.122. The molecule has 30 heavy (non-hydrogen) atoms. The molecule has 4 rings (SSSR count). The number of ether oxygens (including phenoxy) is 1. The highest BCUT2D eigenvalue weighted by atomic mass is 16.5. The van der Waals surface area contributed by atoms with Crippen molar-refractivity contribution >= 4 is 28.9 Å². The third-order valence-corrected chi connectivity index (χ3v) is 5.25. The first-order valence-corrected chi connectivity index (χ1v) is 10.2. The van der Waals surface area contributed by atoms with Gasteiger partial charge >= 0.3 is 0 Å². The van der Waals surface area contributed by atoms with Gasteiger partial charge in [0, 0.05) is 44.2 Å². The fraction of sp³-hybridized carbons (Fsp3) is 0.364. The van der Waals surface area contributed by atoms with Gasteiger partial charge in [-0.15, -0.1) is 0 Å². The number of rotatable bonds is 5. The Morgan fingerprint density at radius 2 is 2.03 bits per heavy atom. The molecule has 0 spiro atoms. The van der Waals surface area contributed by atoms with Crippen LogP contribution in [0.15, 0.2) is 35.3 Å². The number of aryl methyl sites for hydroxylation is 2. The van der Waals surface area contributed by atoms with Gasteiger partial charge < -0.3 is 19.9 Å². The molecule has 0 amide bonds. The van der Waals surface area contributed by atoms with E-state index in [1.165, 1.54) is 0 Å². The molecule has 0 unspecified atom stereocenters. The number of hydrogen-bond donors (Lipinski definition) is 1. The summed E-state index contributed by atoms with van der Waals surface area (Å²) >= 11 is 0. The van der Waals surface area contributed by atoms with Crippen LogP contribution in [0.2, 0.25) is 0 Å². The predicted molar refractivity (Wildman–Crippen MR) is 121 cm³/mol. The van der Waals surface area contributed by atoms with Crippen LogP contribution in [0.25, 0.3) is 28.2 Å². The van der Waals surface area contributed by atoms with Crippen molar-refractivity contribution in [3.8, 4) is 11.4 Å². The number of fused-ring (bicyclic) bond motifs is 1. The van der Waals surface area contributed by atoms with E-state index in [9.17, 15) is 0 Å². The molecule has 2 N–H and O–H groups in total. The largest absolute Gasteiger partial charge is 0.398 e. The summed E-state index contributed by atoms with van der Waals surface area (Å²) < 4.78 is 7.66. The van der Waals surface area contributed by atoms with Crippen molar-refractivity contribution in [2.24, 2.45) is 10.7 Å². The van der Waals surface area contributed by atoms with E-state index in [0.717, 1.165) is 53.6 Å². The number of benzene rings is 1. The first-order valence-electron chi connectivity index (χ1n) is 10.2. The van der Waals surface area contributed by atoms with Gasteiger partial charge in [0.05, 0.1) is 13.2 Å². The zero-order valence-electron chi connectivity index (χ0n) is 17.7. The van der Waals surface area contributed by atoms with Crippen molar-refractivity contribution < 1.29 is 4.74 Å². The Bertz CT molecular complexity index is 1110. The molecule has 1 fully saturated rings. The van der Waals surface area contributed by atoms with Crippen molar-refractivity contribution in [3.63, 3.8) is 0 Å². The van der Waals surface area contributed by atoms with Crippen molar-refractivity contribution in [1.82, 2.24) is 19.5 Å². The van der Waals surface area contributed by atoms with Crippen molar-refractivity contribution in [2.45, 2.75) is 20.4 Å². The SMILES string of the molecule is CCn1c(C)nc2c(N3CCOCC3)nc(-c3cccc(C(N)=CC=NC)c3)nc21. The van der Waals surface area contributed by atoms with E-state index >= 15 is 0 Å². The van der Waals surface area contributed by atoms with Gasteiger partial charge in [0.2, 0.25) is 0 Å². The summed E-state index contributed by atoms with van der Waals surface area (Å²) in [6, 6.07) is 7.97. The van der Waals surface area contributed by atoms with E-state index in [2.05, 4.69) is 21.4 Å². The number of nitrogens with two attached hydrogens (primary N) is 1. The van der Waals surface area contributed by atoms with E-state index in [0.29, 0.717) is 24.7 Å². The number of anilines is 1. The number of imidazole rings is 1. The number of aromatic nitrogens is 4. The minimum atomic E-state index is 0.645. The Morgan fingerprint density at radius 3 is 2.77 bits per heavy atom. The van der Waals surface area contributed by atoms with E-state index in [1.807, 2.05) is 31.2 Å². The molecule has 1 aliphatic rings. The number of nitrogens with zero attached hydrogens (tertiary/aromatic N) is 6. The molecular weight excluding hydrogens is 378 g/mol. The Kier molecular flexibility index (Phi) is 5.76. The molecule has 0 radical (unpaired) electrons. The van der Waals surface area contributed by atoms with Crippen molar-refractivity contribution in [3.05, 3.63) is 41.7 Å². The number of hydrogen-bond acceptors (Lipinski definition) is 7. The zero-order valence-corrected chi connectivity index (χ0v) is 17.7. The quantitative estimate of drug-likeness (QED) is 0.656. The van der Waals surface area contributed by atoms with Gasteiger partial charge in [0.15, 0.2) is 22.8 Å². The van der Waals surface area contributed by atoms with Crippen LogP contribution >= 0.6 is 0 Å². The summed E-state index contributed by atoms with van der Waals surface area (Å²) in [6.07, 6.45) is 3.47. The summed E-state index contributed by atoms with van der Waals surface area (Å²) in [5, 5.41) is 0. The number of morpholine rings is 1. The maximum Gasteiger partial charge on any atom is 0.166 e. The molecule has 1 aliphatic heterocycles. The van der Waals surface area contributed by atoms with Crippen LogP contribution in [0, 0.1) is 6.92 Å². The topological polar surface area (TPSA) is 94.5 Å². The standard InChI is InChI=1S/C22H27N7O/c1-4-29-15(2)25-19-21(28-10-12-30-13-11-28)26-20(27-22(19)29)17-7-5-6-16(14-17)18(23)8-9-24-3/h5-9,14H,4,10-13,23H2,1-3H3. The lowest BCUT2D eigenvalue weighted by atomic mass is 10.1. The van der Waals surface area contributed by atoms with Crippen LogP contribution in [-0.2, 0) is 11.3 Å². The molecule has 0 atom stereocenters. The van der Waals surface area contributed by atoms with Gasteiger partial charge in [-0.3, -0.25) is 4.99 Å². The second kappa shape index (κ2) is 8.62. The van der Waals surface area contributed by atoms with E-state index in [1.54, 1.807) is 19.3 Å². The Labute approximate surface area is 176 Å². The van der Waals surface area contributed by atoms with Crippen LogP contribution in [0.5, 0.6) is 0 Å². The fourth-order valence-electron chi connectivity index (χ4n) is 3.69. The molecular formula is C22H27N7O. The lowest BCUT2D eigenvalue weighted by Gasteiger charge is -2.28. The Morgan fingerprint density at radius 1 is 1.23 bits per heavy atom. The van der Waals surface area contributed by atoms with Crippen LogP contribution in [-0.4, -0.2) is 59.1 Å². The van der Waals surface area contributed by atoms with Crippen LogP contribution in [0.1, 0.15) is 18.3 Å². The molecule has 2 aromatic heterocycles. The molecule has 8 nitrogen and oxygen atoms in total. The first kappa shape index (κ1) is 20.0. The first-order chi connectivity index (χ1) is 14.6. The molecule has 0 aliphatic carbocycles. The molecule has 0 saturated carbocycles. The van der Waals surface area contributed by atoms with E-state index in [4.69, 9.17) is 25.4 Å². The highest BCUT2D eigenvalue weighted by Gasteiger charge is 2.22. The van der Waals surface area contributed by atoms with Crippen LogP contribution < -0.4 is 10.6 Å². The lowest BCUT2D eigenvalue weighted by Crippen LogP contribution is -2.37. The van der Waals surface area contributed by atoms with Gasteiger partial charge in [-0.25, -0.2) is 15.0 Å². The normalized spacial score (nSPS) is 15.4. The van der Waals surface area contributed by atoms with Crippen LogP contribution in [0.4, 0.5) is 5.82 Å². The second-order valence-electron chi connectivity index (χ2n) is 7.16. The molecule has 0 bridgehead atoms. The zero-order chi connectivity index (χ0) is 21.1. The molecule has 3 aromatic rings. The minimum Gasteiger partial charge on any atom is -0.398 e. The summed E-state index contributed by atoms with van der Waals surface area (Å²) in [7, 11) is 1.72. The van der Waals surface area contributed by atoms with Gasteiger partial charge in [-0.05, 0) is 31.6 Å². The summed E-state index contributed by atoms with van der Waals surface area (Å²) in [4.78, 5) is 20.8. The van der Waals surface area contributed by atoms with Gasteiger partial charge in [0.1, 0.15) is 5.82 Å². The van der Waals surface area contributed by atoms with E-state index < -0.39 is 0 Å². The Balaban J connectivity index is 1.87. The van der Waals surface area contributed by atoms with Crippen molar-refractivity contribution in [1.29, 1.82) is 0 Å². The number of aliphatic imine (C=N–C) groups is 1. The Hall–Kier alpha value is -3.26. The van der Waals surface area contributed by atoms with E-state index in [-0.39, 0.29) is 0 Å². The summed E-state index contributed by atoms with van der Waals surface area (Å²) in [5.41, 5.74) is 10.4. The second-order valence-corrected chi connectivity index (χ2v) is 7.16. The van der Waals surface area contributed by atoms with Crippen molar-refractivity contribution in [2.75, 3.05) is 38.3 Å². The average Bonchev–Trinajstić information content (AvgIpc) is 3.12. The molecule has 3 heterocycles. The number of allylic oxidation sites excluding steroid dienone is 1. The minimum absolute atomic E-state index is 0.645. The van der Waals surface area contributed by atoms with Crippen LogP contribution in [0.3, 0.4) is 0 Å². The maximum atomic E-state index is 6.21. The van der Waals surface area contributed by atoms with Gasteiger partial charge in [-0.2, -0.15) is 0 Å². The predicted octanol–water partition coefficient (Wildman–Crippen LogP) is 2.66.